The standard InChI is InChI=1S/C17H22Cl2N4O2.2ClH/c1-25-11-17(2-4-20-5-3-17)10-21-15(24)7-13-9-23-8-12(18)6-14(19)16(23)22-13;;/h6,8-9,20H,2-5,7,10-11H2,1H3,(H,21,24);2*1H. The Labute approximate surface area is 181 Å². The highest BCUT2D eigenvalue weighted by molar-refractivity contribution is 6.36. The van der Waals surface area contributed by atoms with Gasteiger partial charge in [0.25, 0.3) is 0 Å². The number of rotatable bonds is 6. The number of ether oxygens (including phenoxy) is 1. The zero-order valence-corrected chi connectivity index (χ0v) is 18.1. The van der Waals surface area contributed by atoms with E-state index >= 15 is 0 Å². The first kappa shape index (κ1) is 24.3. The number of piperidine rings is 1. The van der Waals surface area contributed by atoms with E-state index in [-0.39, 0.29) is 42.6 Å². The number of methoxy groups -OCH3 is 1. The number of halogens is 4. The Kier molecular flexibility index (Phi) is 9.62. The third-order valence-corrected chi connectivity index (χ3v) is 5.12. The molecule has 1 fully saturated rings. The molecule has 3 rings (SSSR count). The average Bonchev–Trinajstić information content (AvgIpc) is 2.97. The van der Waals surface area contributed by atoms with E-state index in [4.69, 9.17) is 27.9 Å². The SMILES string of the molecule is COCC1(CNC(=O)Cc2cn3cc(Cl)cc(Cl)c3n2)CCNCC1.Cl.Cl. The Morgan fingerprint density at radius 3 is 2.70 bits per heavy atom. The van der Waals surface area contributed by atoms with Crippen LogP contribution in [0.1, 0.15) is 18.5 Å². The number of hydrogen-bond donors (Lipinski definition) is 2. The van der Waals surface area contributed by atoms with Crippen LogP contribution < -0.4 is 10.6 Å². The molecule has 0 spiro atoms. The average molecular weight is 458 g/mol. The van der Waals surface area contributed by atoms with E-state index in [0.29, 0.717) is 34.5 Å². The molecule has 0 aromatic carbocycles. The molecule has 0 saturated carbocycles. The molecule has 0 aliphatic carbocycles. The smallest absolute Gasteiger partial charge is 0.226 e. The molecule has 2 N–H and O–H groups in total. The largest absolute Gasteiger partial charge is 0.384 e. The van der Waals surface area contributed by atoms with E-state index in [1.54, 1.807) is 30.0 Å². The van der Waals surface area contributed by atoms with E-state index in [0.717, 1.165) is 25.9 Å². The van der Waals surface area contributed by atoms with Gasteiger partial charge >= 0.3 is 0 Å². The first-order valence-corrected chi connectivity index (χ1v) is 9.06. The summed E-state index contributed by atoms with van der Waals surface area (Å²) in [7, 11) is 1.71. The van der Waals surface area contributed by atoms with Crippen molar-refractivity contribution in [2.45, 2.75) is 19.3 Å². The second-order valence-electron chi connectivity index (χ2n) is 6.61. The highest BCUT2D eigenvalue weighted by atomic mass is 35.5. The number of fused-ring (bicyclic) bond motifs is 1. The van der Waals surface area contributed by atoms with Crippen LogP contribution in [0.2, 0.25) is 10.0 Å². The number of hydrogen-bond acceptors (Lipinski definition) is 4. The first-order chi connectivity index (χ1) is 12.0. The molecule has 27 heavy (non-hydrogen) atoms. The third kappa shape index (κ3) is 6.11. The summed E-state index contributed by atoms with van der Waals surface area (Å²) < 4.78 is 7.12. The van der Waals surface area contributed by atoms with Crippen LogP contribution in [0, 0.1) is 5.41 Å². The summed E-state index contributed by atoms with van der Waals surface area (Å²) in [5.74, 6) is -0.0559. The molecule has 3 heterocycles. The Bertz CT molecular complexity index is 757. The highest BCUT2D eigenvalue weighted by Gasteiger charge is 2.32. The molecule has 0 atom stereocenters. The van der Waals surface area contributed by atoms with Crippen molar-refractivity contribution in [1.82, 2.24) is 20.0 Å². The predicted molar refractivity (Wildman–Crippen MR) is 113 cm³/mol. The Hall–Kier alpha value is -0.760. The van der Waals surface area contributed by atoms with E-state index in [9.17, 15) is 4.79 Å². The number of aromatic nitrogens is 2. The normalized spacial score (nSPS) is 15.7. The van der Waals surface area contributed by atoms with E-state index < -0.39 is 0 Å². The van der Waals surface area contributed by atoms with Gasteiger partial charge in [-0.2, -0.15) is 0 Å². The first-order valence-electron chi connectivity index (χ1n) is 8.30. The van der Waals surface area contributed by atoms with Gasteiger partial charge in [-0.15, -0.1) is 24.8 Å². The van der Waals surface area contributed by atoms with Crippen LogP contribution in [0.3, 0.4) is 0 Å². The molecule has 0 radical (unpaired) electrons. The van der Waals surface area contributed by atoms with Crippen molar-refractivity contribution in [3.63, 3.8) is 0 Å². The van der Waals surface area contributed by atoms with Crippen LogP contribution in [-0.4, -0.2) is 48.6 Å². The number of nitrogens with one attached hydrogen (secondary N) is 2. The van der Waals surface area contributed by atoms with Crippen molar-refractivity contribution in [3.05, 3.63) is 34.2 Å². The molecule has 10 heteroatoms. The Morgan fingerprint density at radius 1 is 1.33 bits per heavy atom. The predicted octanol–water partition coefficient (Wildman–Crippen LogP) is 3.16. The summed E-state index contributed by atoms with van der Waals surface area (Å²) in [6.45, 7) is 3.16. The molecule has 152 valence electrons. The van der Waals surface area contributed by atoms with Gasteiger partial charge in [0.1, 0.15) is 0 Å². The third-order valence-electron chi connectivity index (χ3n) is 4.64. The molecule has 6 nitrogen and oxygen atoms in total. The summed E-state index contributed by atoms with van der Waals surface area (Å²) in [6.07, 6.45) is 5.69. The van der Waals surface area contributed by atoms with Gasteiger partial charge in [0.05, 0.1) is 28.8 Å². The monoisotopic (exact) mass is 456 g/mol. The molecule has 2 aromatic rings. The minimum Gasteiger partial charge on any atom is -0.384 e. The van der Waals surface area contributed by atoms with Crippen LogP contribution in [0.4, 0.5) is 0 Å². The fraction of sp³-hybridized carbons (Fsp3) is 0.529. The van der Waals surface area contributed by atoms with Crippen LogP contribution >= 0.6 is 48.0 Å². The lowest BCUT2D eigenvalue weighted by Crippen LogP contribution is -2.47. The van der Waals surface area contributed by atoms with E-state index in [1.807, 2.05) is 0 Å². The van der Waals surface area contributed by atoms with Crippen molar-refractivity contribution in [2.75, 3.05) is 33.4 Å². The molecule has 1 aliphatic rings. The van der Waals surface area contributed by atoms with Crippen molar-refractivity contribution in [2.24, 2.45) is 5.41 Å². The minimum atomic E-state index is -0.0559. The van der Waals surface area contributed by atoms with Gasteiger partial charge in [-0.25, -0.2) is 4.98 Å². The molecule has 2 aromatic heterocycles. The zero-order valence-electron chi connectivity index (χ0n) is 15.0. The van der Waals surface area contributed by atoms with Crippen molar-refractivity contribution in [3.8, 4) is 0 Å². The summed E-state index contributed by atoms with van der Waals surface area (Å²) in [4.78, 5) is 16.8. The van der Waals surface area contributed by atoms with E-state index in [2.05, 4.69) is 15.6 Å². The van der Waals surface area contributed by atoms with Crippen molar-refractivity contribution in [1.29, 1.82) is 0 Å². The maximum Gasteiger partial charge on any atom is 0.226 e. The van der Waals surface area contributed by atoms with Crippen LogP contribution in [0.15, 0.2) is 18.5 Å². The number of nitrogens with zero attached hydrogens (tertiary/aromatic N) is 2. The number of imidazole rings is 1. The fourth-order valence-corrected chi connectivity index (χ4v) is 3.84. The molecule has 0 bridgehead atoms. The van der Waals surface area contributed by atoms with Crippen molar-refractivity contribution >= 4 is 59.6 Å². The summed E-state index contributed by atoms with van der Waals surface area (Å²) >= 11 is 12.1. The van der Waals surface area contributed by atoms with E-state index in [1.165, 1.54) is 0 Å². The van der Waals surface area contributed by atoms with Gasteiger partial charge in [-0.3, -0.25) is 4.79 Å². The van der Waals surface area contributed by atoms with Crippen LogP contribution in [0.25, 0.3) is 5.65 Å². The summed E-state index contributed by atoms with van der Waals surface area (Å²) in [5, 5.41) is 7.38. The second kappa shape index (κ2) is 10.7. The maximum absolute atomic E-state index is 12.4. The number of pyridine rings is 1. The summed E-state index contributed by atoms with van der Waals surface area (Å²) in [5.41, 5.74) is 1.27. The molecular formula is C17H24Cl4N4O2. The minimum absolute atomic E-state index is 0. The van der Waals surface area contributed by atoms with Crippen molar-refractivity contribution < 1.29 is 9.53 Å². The van der Waals surface area contributed by atoms with Gasteiger partial charge in [0, 0.05) is 31.5 Å². The second-order valence-corrected chi connectivity index (χ2v) is 7.45. The lowest BCUT2D eigenvalue weighted by molar-refractivity contribution is -0.121. The molecular weight excluding hydrogens is 434 g/mol. The van der Waals surface area contributed by atoms with Crippen LogP contribution in [0.5, 0.6) is 0 Å². The number of carbonyl (C=O) groups is 1. The number of carbonyl (C=O) groups excluding carboxylic acids is 1. The molecule has 1 aliphatic heterocycles. The Balaban J connectivity index is 0.00000182. The zero-order chi connectivity index (χ0) is 17.9. The molecule has 1 saturated heterocycles. The molecule has 0 unspecified atom stereocenters. The van der Waals surface area contributed by atoms with Crippen LogP contribution in [-0.2, 0) is 16.0 Å². The fourth-order valence-electron chi connectivity index (χ4n) is 3.31. The van der Waals surface area contributed by atoms with Gasteiger partial charge in [-0.05, 0) is 32.0 Å². The van der Waals surface area contributed by atoms with Gasteiger partial charge in [0.15, 0.2) is 5.65 Å². The lowest BCUT2D eigenvalue weighted by Gasteiger charge is -2.37. The summed E-state index contributed by atoms with van der Waals surface area (Å²) in [6, 6.07) is 1.64. The van der Waals surface area contributed by atoms with Gasteiger partial charge in [0.2, 0.25) is 5.91 Å². The Morgan fingerprint density at radius 2 is 2.04 bits per heavy atom. The maximum atomic E-state index is 12.4. The van der Waals surface area contributed by atoms with Gasteiger partial charge in [-0.1, -0.05) is 23.2 Å². The number of amides is 1. The van der Waals surface area contributed by atoms with Gasteiger partial charge < -0.3 is 19.8 Å². The lowest BCUT2D eigenvalue weighted by atomic mass is 9.79. The highest BCUT2D eigenvalue weighted by Crippen LogP contribution is 2.28. The topological polar surface area (TPSA) is 67.7 Å². The molecule has 1 amide bonds. The quantitative estimate of drug-likeness (QED) is 0.699.